The van der Waals surface area contributed by atoms with Crippen molar-refractivity contribution in [3.05, 3.63) is 40.7 Å². The van der Waals surface area contributed by atoms with Crippen LogP contribution in [0.2, 0.25) is 0 Å². The fraction of sp³-hybridized carbons (Fsp3) is 0.400. The second-order valence-electron chi connectivity index (χ2n) is 4.74. The summed E-state index contributed by atoms with van der Waals surface area (Å²) in [6, 6.07) is 10.1. The molecule has 0 amide bonds. The van der Waals surface area contributed by atoms with E-state index in [0.717, 1.165) is 29.7 Å². The molecule has 0 aliphatic carbocycles. The smallest absolute Gasteiger partial charge is 0.274 e. The summed E-state index contributed by atoms with van der Waals surface area (Å²) in [6.07, 6.45) is 0. The third-order valence-corrected chi connectivity index (χ3v) is 3.65. The first-order valence-corrected chi connectivity index (χ1v) is 6.76. The lowest BCUT2D eigenvalue weighted by atomic mass is 10.2. The van der Waals surface area contributed by atoms with E-state index in [9.17, 15) is 4.79 Å². The van der Waals surface area contributed by atoms with Gasteiger partial charge in [-0.3, -0.25) is 4.79 Å². The molecule has 4 nitrogen and oxygen atoms in total. The topological polar surface area (TPSA) is 34.5 Å². The van der Waals surface area contributed by atoms with Gasteiger partial charge in [-0.15, -0.1) is 0 Å². The summed E-state index contributed by atoms with van der Waals surface area (Å²) in [5, 5.41) is 1.12. The molecular weight excluding hydrogens is 240 g/mol. The third kappa shape index (κ3) is 2.12. The second kappa shape index (κ2) is 5.05. The number of aryl methyl sites for hydroxylation is 1. The number of anilines is 1. The van der Waals surface area contributed by atoms with Gasteiger partial charge in [0.2, 0.25) is 0 Å². The Morgan fingerprint density at radius 1 is 1.21 bits per heavy atom. The molecule has 19 heavy (non-hydrogen) atoms. The maximum Gasteiger partial charge on any atom is 0.274 e. The number of rotatable bonds is 2. The number of hydrogen-bond acceptors (Lipinski definition) is 3. The Labute approximate surface area is 112 Å². The molecule has 100 valence electrons. The van der Waals surface area contributed by atoms with Crippen molar-refractivity contribution >= 4 is 16.6 Å². The predicted octanol–water partition coefficient (Wildman–Crippen LogP) is 1.86. The number of aromatic nitrogens is 1. The van der Waals surface area contributed by atoms with E-state index in [0.29, 0.717) is 19.8 Å². The van der Waals surface area contributed by atoms with Crippen molar-refractivity contribution in [1.29, 1.82) is 0 Å². The first kappa shape index (κ1) is 12.2. The molecule has 2 heterocycles. The molecule has 1 aromatic heterocycles. The van der Waals surface area contributed by atoms with Crippen LogP contribution in [-0.2, 0) is 11.3 Å². The van der Waals surface area contributed by atoms with E-state index in [1.54, 1.807) is 0 Å². The highest BCUT2D eigenvalue weighted by Crippen LogP contribution is 2.19. The molecular formula is C15H18N2O2. The average molecular weight is 258 g/mol. The fourth-order valence-corrected chi connectivity index (χ4v) is 2.66. The van der Waals surface area contributed by atoms with Crippen LogP contribution in [0.3, 0.4) is 0 Å². The lowest BCUT2D eigenvalue weighted by molar-refractivity contribution is 0.122. The summed E-state index contributed by atoms with van der Waals surface area (Å²) in [6.45, 7) is 5.67. The van der Waals surface area contributed by atoms with E-state index in [-0.39, 0.29) is 5.56 Å². The zero-order valence-electron chi connectivity index (χ0n) is 11.1. The van der Waals surface area contributed by atoms with Gasteiger partial charge in [0.25, 0.3) is 5.56 Å². The Morgan fingerprint density at radius 3 is 2.68 bits per heavy atom. The number of ether oxygens (including phenoxy) is 1. The van der Waals surface area contributed by atoms with Crippen molar-refractivity contribution in [2.75, 3.05) is 31.2 Å². The quantitative estimate of drug-likeness (QED) is 0.824. The van der Waals surface area contributed by atoms with Crippen LogP contribution in [-0.4, -0.2) is 30.9 Å². The van der Waals surface area contributed by atoms with E-state index < -0.39 is 0 Å². The Morgan fingerprint density at radius 2 is 1.95 bits per heavy atom. The van der Waals surface area contributed by atoms with E-state index in [2.05, 4.69) is 11.0 Å². The summed E-state index contributed by atoms with van der Waals surface area (Å²) < 4.78 is 7.20. The van der Waals surface area contributed by atoms with Gasteiger partial charge >= 0.3 is 0 Å². The molecule has 1 saturated heterocycles. The van der Waals surface area contributed by atoms with Gasteiger partial charge in [0.15, 0.2) is 0 Å². The van der Waals surface area contributed by atoms with Gasteiger partial charge in [0.1, 0.15) is 5.69 Å². The zero-order chi connectivity index (χ0) is 13.2. The average Bonchev–Trinajstić information content (AvgIpc) is 2.47. The van der Waals surface area contributed by atoms with E-state index in [4.69, 9.17) is 4.74 Å². The number of fused-ring (bicyclic) bond motifs is 1. The highest BCUT2D eigenvalue weighted by Gasteiger charge is 2.16. The van der Waals surface area contributed by atoms with Crippen molar-refractivity contribution in [3.63, 3.8) is 0 Å². The van der Waals surface area contributed by atoms with E-state index in [1.165, 1.54) is 0 Å². The van der Waals surface area contributed by atoms with Gasteiger partial charge in [-0.25, -0.2) is 0 Å². The maximum absolute atomic E-state index is 12.6. The standard InChI is InChI=1S/C15H18N2O2/c1-2-17-13-6-4-3-5-12(13)11-14(15(17)18)16-7-9-19-10-8-16/h3-6,11H,2,7-10H2,1H3. The second-order valence-corrected chi connectivity index (χ2v) is 4.74. The van der Waals surface area contributed by atoms with Crippen LogP contribution >= 0.6 is 0 Å². The summed E-state index contributed by atoms with van der Waals surface area (Å²) in [5.41, 5.74) is 1.90. The molecule has 0 atom stereocenters. The molecule has 4 heteroatoms. The van der Waals surface area contributed by atoms with Crippen molar-refractivity contribution in [2.24, 2.45) is 0 Å². The summed E-state index contributed by atoms with van der Waals surface area (Å²) in [4.78, 5) is 14.7. The lowest BCUT2D eigenvalue weighted by Gasteiger charge is -2.29. The van der Waals surface area contributed by atoms with E-state index >= 15 is 0 Å². The number of morpholine rings is 1. The van der Waals surface area contributed by atoms with Gasteiger partial charge < -0.3 is 14.2 Å². The Kier molecular flexibility index (Phi) is 3.25. The number of para-hydroxylation sites is 1. The molecule has 1 aliphatic heterocycles. The highest BCUT2D eigenvalue weighted by atomic mass is 16.5. The summed E-state index contributed by atoms with van der Waals surface area (Å²) >= 11 is 0. The molecule has 1 aromatic carbocycles. The van der Waals surface area contributed by atoms with Crippen LogP contribution in [0.4, 0.5) is 5.69 Å². The fourth-order valence-electron chi connectivity index (χ4n) is 2.66. The van der Waals surface area contributed by atoms with Crippen molar-refractivity contribution in [2.45, 2.75) is 13.5 Å². The molecule has 1 fully saturated rings. The molecule has 0 radical (unpaired) electrons. The Balaban J connectivity index is 2.19. The summed E-state index contributed by atoms with van der Waals surface area (Å²) in [7, 11) is 0. The van der Waals surface area contributed by atoms with Crippen LogP contribution in [0, 0.1) is 0 Å². The SMILES string of the molecule is CCn1c(=O)c(N2CCOCC2)cc2ccccc21. The molecule has 3 rings (SSSR count). The number of hydrogen-bond donors (Lipinski definition) is 0. The van der Waals surface area contributed by atoms with Gasteiger partial charge in [0.05, 0.1) is 18.7 Å². The number of benzene rings is 1. The minimum atomic E-state index is 0.100. The van der Waals surface area contributed by atoms with Crippen molar-refractivity contribution in [1.82, 2.24) is 4.57 Å². The lowest BCUT2D eigenvalue weighted by Crippen LogP contribution is -2.40. The largest absolute Gasteiger partial charge is 0.378 e. The normalized spacial score (nSPS) is 15.9. The minimum absolute atomic E-state index is 0.100. The molecule has 0 unspecified atom stereocenters. The number of pyridine rings is 1. The maximum atomic E-state index is 12.6. The first-order valence-electron chi connectivity index (χ1n) is 6.76. The van der Waals surface area contributed by atoms with Gasteiger partial charge in [-0.2, -0.15) is 0 Å². The molecule has 2 aromatic rings. The monoisotopic (exact) mass is 258 g/mol. The highest BCUT2D eigenvalue weighted by molar-refractivity contribution is 5.82. The van der Waals surface area contributed by atoms with Crippen LogP contribution in [0.15, 0.2) is 35.1 Å². The zero-order valence-corrected chi connectivity index (χ0v) is 11.1. The van der Waals surface area contributed by atoms with Crippen molar-refractivity contribution in [3.8, 4) is 0 Å². The Hall–Kier alpha value is -1.81. The van der Waals surface area contributed by atoms with E-state index in [1.807, 2.05) is 35.8 Å². The third-order valence-electron chi connectivity index (χ3n) is 3.65. The van der Waals surface area contributed by atoms with Crippen LogP contribution in [0.25, 0.3) is 10.9 Å². The van der Waals surface area contributed by atoms with Gasteiger partial charge in [-0.05, 0) is 19.1 Å². The summed E-state index contributed by atoms with van der Waals surface area (Å²) in [5.74, 6) is 0. The first-order chi connectivity index (χ1) is 9.31. The predicted molar refractivity (Wildman–Crippen MR) is 76.9 cm³/mol. The Bertz CT molecular complexity index is 642. The van der Waals surface area contributed by atoms with Crippen LogP contribution in [0.5, 0.6) is 0 Å². The van der Waals surface area contributed by atoms with Crippen LogP contribution in [0.1, 0.15) is 6.92 Å². The molecule has 0 bridgehead atoms. The number of nitrogens with zero attached hydrogens (tertiary/aromatic N) is 2. The molecule has 0 saturated carbocycles. The van der Waals surface area contributed by atoms with Crippen molar-refractivity contribution < 1.29 is 4.74 Å². The molecule has 0 N–H and O–H groups in total. The van der Waals surface area contributed by atoms with Crippen LogP contribution < -0.4 is 10.5 Å². The minimum Gasteiger partial charge on any atom is -0.378 e. The van der Waals surface area contributed by atoms with Gasteiger partial charge in [-0.1, -0.05) is 18.2 Å². The molecule has 1 aliphatic rings. The van der Waals surface area contributed by atoms with Gasteiger partial charge in [0, 0.05) is 25.0 Å². The molecule has 0 spiro atoms.